The molecule has 1 rings (SSSR count). The number of rotatable bonds is 4. The van der Waals surface area contributed by atoms with Gasteiger partial charge in [-0.2, -0.15) is 0 Å². The topological polar surface area (TPSA) is 67.3 Å². The van der Waals surface area contributed by atoms with E-state index >= 15 is 0 Å². The lowest BCUT2D eigenvalue weighted by Crippen LogP contribution is -2.44. The molecule has 1 aromatic rings. The molecule has 6 heteroatoms. The summed E-state index contributed by atoms with van der Waals surface area (Å²) in [5.74, 6) is 0. The molecule has 0 fully saturated rings. The van der Waals surface area contributed by atoms with Crippen LogP contribution in [0.2, 0.25) is 0 Å². The molecular formula is C11H19NO3S2. The van der Waals surface area contributed by atoms with Crippen LogP contribution in [0.4, 0.5) is 0 Å². The first kappa shape index (κ1) is 14.6. The van der Waals surface area contributed by atoms with Crippen LogP contribution in [0.1, 0.15) is 29.4 Å². The van der Waals surface area contributed by atoms with E-state index in [0.717, 1.165) is 21.8 Å². The van der Waals surface area contributed by atoms with Crippen LogP contribution in [-0.4, -0.2) is 35.6 Å². The quantitative estimate of drug-likeness (QED) is 0.905. The second-order valence-corrected chi connectivity index (χ2v) is 8.73. The largest absolute Gasteiger partial charge is 0.391 e. The van der Waals surface area contributed by atoms with Gasteiger partial charge in [0.05, 0.1) is 21.6 Å². The van der Waals surface area contributed by atoms with Crippen LogP contribution in [0.25, 0.3) is 0 Å². The van der Waals surface area contributed by atoms with Gasteiger partial charge in [-0.15, -0.1) is 11.3 Å². The zero-order chi connectivity index (χ0) is 13.4. The van der Waals surface area contributed by atoms with Crippen LogP contribution in [-0.2, 0) is 16.3 Å². The van der Waals surface area contributed by atoms with E-state index < -0.39 is 20.7 Å². The van der Waals surface area contributed by atoms with Crippen LogP contribution in [0.3, 0.4) is 0 Å². The molecule has 17 heavy (non-hydrogen) atoms. The van der Waals surface area contributed by atoms with E-state index in [-0.39, 0.29) is 6.42 Å². The number of thiazole rings is 1. The number of aliphatic hydroxyl groups is 1. The fraction of sp³-hybridized carbons (Fsp3) is 0.727. The molecule has 0 aromatic carbocycles. The predicted molar refractivity (Wildman–Crippen MR) is 70.2 cm³/mol. The van der Waals surface area contributed by atoms with Gasteiger partial charge in [-0.05, 0) is 27.7 Å². The van der Waals surface area contributed by atoms with Crippen LogP contribution >= 0.6 is 11.3 Å². The fourth-order valence-electron chi connectivity index (χ4n) is 1.28. The Hall–Kier alpha value is -0.460. The van der Waals surface area contributed by atoms with E-state index in [1.807, 2.05) is 13.8 Å². The van der Waals surface area contributed by atoms with E-state index in [0.29, 0.717) is 0 Å². The molecule has 0 bridgehead atoms. The number of aromatic nitrogens is 1. The predicted octanol–water partition coefficient (Wildman–Crippen LogP) is 1.49. The van der Waals surface area contributed by atoms with Gasteiger partial charge in [-0.25, -0.2) is 13.4 Å². The third kappa shape index (κ3) is 3.05. The molecule has 0 amide bonds. The Morgan fingerprint density at radius 2 is 1.94 bits per heavy atom. The Morgan fingerprint density at radius 1 is 1.41 bits per heavy atom. The molecule has 0 aliphatic carbocycles. The Bertz CT molecular complexity index is 483. The van der Waals surface area contributed by atoms with Gasteiger partial charge in [0.2, 0.25) is 0 Å². The summed E-state index contributed by atoms with van der Waals surface area (Å²) in [4.78, 5) is 5.41. The van der Waals surface area contributed by atoms with Crippen LogP contribution in [0, 0.1) is 13.8 Å². The average molecular weight is 277 g/mol. The number of sulfone groups is 1. The number of aliphatic hydroxyl groups excluding tert-OH is 1. The van der Waals surface area contributed by atoms with Gasteiger partial charge in [-0.1, -0.05) is 0 Å². The van der Waals surface area contributed by atoms with Crippen LogP contribution < -0.4 is 0 Å². The summed E-state index contributed by atoms with van der Waals surface area (Å²) in [6.45, 7) is 6.95. The third-order valence-electron chi connectivity index (χ3n) is 3.20. The first-order chi connectivity index (χ1) is 7.55. The first-order valence-corrected chi connectivity index (χ1v) is 8.07. The molecule has 0 saturated carbocycles. The SMILES string of the molecule is Cc1nc(CC(O)C(C)(C)S(C)(=O)=O)sc1C. The minimum Gasteiger partial charge on any atom is -0.391 e. The number of nitrogens with zero attached hydrogens (tertiary/aromatic N) is 1. The fourth-order valence-corrected chi connectivity index (χ4v) is 2.83. The highest BCUT2D eigenvalue weighted by molar-refractivity contribution is 7.92. The smallest absolute Gasteiger partial charge is 0.155 e. The Kier molecular flexibility index (Phi) is 4.01. The van der Waals surface area contributed by atoms with E-state index in [1.54, 1.807) is 13.8 Å². The Balaban J connectivity index is 2.90. The molecule has 1 atom stereocenters. The van der Waals surface area contributed by atoms with Crippen molar-refractivity contribution in [3.8, 4) is 0 Å². The molecule has 1 heterocycles. The monoisotopic (exact) mass is 277 g/mol. The van der Waals surface area contributed by atoms with Gasteiger partial charge in [0.15, 0.2) is 9.84 Å². The van der Waals surface area contributed by atoms with Gasteiger partial charge in [-0.3, -0.25) is 0 Å². The maximum atomic E-state index is 11.6. The summed E-state index contributed by atoms with van der Waals surface area (Å²) in [5.41, 5.74) is 0.939. The maximum Gasteiger partial charge on any atom is 0.155 e. The highest BCUT2D eigenvalue weighted by Crippen LogP contribution is 2.25. The van der Waals surface area contributed by atoms with Crippen molar-refractivity contribution in [3.05, 3.63) is 15.6 Å². The standard InChI is InChI=1S/C11H19NO3S2/c1-7-8(2)16-10(12-7)6-9(13)11(3,4)17(5,14)15/h9,13H,6H2,1-5H3. The zero-order valence-corrected chi connectivity index (χ0v) is 12.4. The molecule has 0 saturated heterocycles. The first-order valence-electron chi connectivity index (χ1n) is 5.36. The molecule has 1 unspecified atom stereocenters. The number of aryl methyl sites for hydroxylation is 2. The zero-order valence-electron chi connectivity index (χ0n) is 10.8. The highest BCUT2D eigenvalue weighted by atomic mass is 32.2. The second kappa shape index (κ2) is 4.66. The Morgan fingerprint density at radius 3 is 2.29 bits per heavy atom. The van der Waals surface area contributed by atoms with Crippen molar-refractivity contribution in [1.82, 2.24) is 4.98 Å². The van der Waals surface area contributed by atoms with E-state index in [4.69, 9.17) is 0 Å². The van der Waals surface area contributed by atoms with Crippen molar-refractivity contribution in [3.63, 3.8) is 0 Å². The maximum absolute atomic E-state index is 11.6. The summed E-state index contributed by atoms with van der Waals surface area (Å²) in [6.07, 6.45) is 0.482. The third-order valence-corrected chi connectivity index (χ3v) is 6.48. The van der Waals surface area contributed by atoms with Crippen molar-refractivity contribution in [1.29, 1.82) is 0 Å². The summed E-state index contributed by atoms with van der Waals surface area (Å²) in [7, 11) is -3.30. The summed E-state index contributed by atoms with van der Waals surface area (Å²) < 4.78 is 22.0. The van der Waals surface area contributed by atoms with Gasteiger partial charge < -0.3 is 5.11 Å². The lowest BCUT2D eigenvalue weighted by Gasteiger charge is -2.27. The highest BCUT2D eigenvalue weighted by Gasteiger charge is 2.38. The van der Waals surface area contributed by atoms with Crippen molar-refractivity contribution in [2.75, 3.05) is 6.26 Å². The minimum absolute atomic E-state index is 0.277. The second-order valence-electron chi connectivity index (χ2n) is 4.84. The Labute approximate surface area is 107 Å². The lowest BCUT2D eigenvalue weighted by molar-refractivity contribution is 0.138. The van der Waals surface area contributed by atoms with Crippen LogP contribution in [0.5, 0.6) is 0 Å². The van der Waals surface area contributed by atoms with Crippen molar-refractivity contribution < 1.29 is 13.5 Å². The summed E-state index contributed by atoms with van der Waals surface area (Å²) in [5, 5.41) is 10.8. The molecule has 4 nitrogen and oxygen atoms in total. The van der Waals surface area contributed by atoms with Crippen molar-refractivity contribution >= 4 is 21.2 Å². The van der Waals surface area contributed by atoms with Crippen molar-refractivity contribution in [2.24, 2.45) is 0 Å². The molecule has 98 valence electrons. The summed E-state index contributed by atoms with van der Waals surface area (Å²) >= 11 is 1.50. The molecular weight excluding hydrogens is 258 g/mol. The molecule has 0 aliphatic heterocycles. The molecule has 1 N–H and O–H groups in total. The number of hydrogen-bond donors (Lipinski definition) is 1. The average Bonchev–Trinajstić information content (AvgIpc) is 2.43. The lowest BCUT2D eigenvalue weighted by atomic mass is 10.0. The number of hydrogen-bond acceptors (Lipinski definition) is 5. The molecule has 0 radical (unpaired) electrons. The summed E-state index contributed by atoms with van der Waals surface area (Å²) in [6, 6.07) is 0. The van der Waals surface area contributed by atoms with Gasteiger partial charge >= 0.3 is 0 Å². The van der Waals surface area contributed by atoms with Gasteiger partial charge in [0.1, 0.15) is 0 Å². The van der Waals surface area contributed by atoms with Gasteiger partial charge in [0, 0.05) is 17.6 Å². The van der Waals surface area contributed by atoms with E-state index in [9.17, 15) is 13.5 Å². The normalized spacial score (nSPS) is 14.9. The minimum atomic E-state index is -3.30. The molecule has 0 aliphatic rings. The molecule has 0 spiro atoms. The van der Waals surface area contributed by atoms with E-state index in [2.05, 4.69) is 4.98 Å². The van der Waals surface area contributed by atoms with Gasteiger partial charge in [0.25, 0.3) is 0 Å². The van der Waals surface area contributed by atoms with E-state index in [1.165, 1.54) is 11.3 Å². The van der Waals surface area contributed by atoms with Crippen LogP contribution in [0.15, 0.2) is 0 Å². The van der Waals surface area contributed by atoms with Crippen molar-refractivity contribution in [2.45, 2.75) is 45.0 Å². The molecule has 1 aromatic heterocycles.